The molecular weight excluding hydrogens is 296 g/mol. The minimum atomic E-state index is -3.64. The highest BCUT2D eigenvalue weighted by atomic mass is 32.2. The summed E-state index contributed by atoms with van der Waals surface area (Å²) in [6, 6.07) is 7.51. The second kappa shape index (κ2) is 5.82. The predicted molar refractivity (Wildman–Crippen MR) is 80.3 cm³/mol. The average Bonchev–Trinajstić information content (AvgIpc) is 2.84. The van der Waals surface area contributed by atoms with Crippen molar-refractivity contribution in [2.45, 2.75) is 24.3 Å². The van der Waals surface area contributed by atoms with Gasteiger partial charge >= 0.3 is 0 Å². The number of thiophene rings is 1. The number of benzene rings is 1. The lowest BCUT2D eigenvalue weighted by molar-refractivity contribution is 0.477. The molecule has 0 spiro atoms. The molecule has 1 atom stereocenters. The van der Waals surface area contributed by atoms with Gasteiger partial charge in [-0.1, -0.05) is 6.07 Å². The third-order valence-corrected chi connectivity index (χ3v) is 5.24. The smallest absolute Gasteiger partial charge is 0.240 e. The summed E-state index contributed by atoms with van der Waals surface area (Å²) in [4.78, 5) is 1.16. The van der Waals surface area contributed by atoms with Gasteiger partial charge in [-0.15, -0.1) is 11.3 Å². The number of phenolic OH excluding ortho intramolecular Hbond substituents is 1. The quantitative estimate of drug-likeness (QED) is 0.581. The molecule has 0 saturated heterocycles. The Morgan fingerprint density at radius 1 is 1.40 bits per heavy atom. The van der Waals surface area contributed by atoms with Gasteiger partial charge in [-0.2, -0.15) is 0 Å². The summed E-state index contributed by atoms with van der Waals surface area (Å²) in [6.07, 6.45) is 0.629. The summed E-state index contributed by atoms with van der Waals surface area (Å²) in [6.45, 7) is 1.81. The van der Waals surface area contributed by atoms with Gasteiger partial charge in [0.05, 0.1) is 10.6 Å². The van der Waals surface area contributed by atoms with E-state index in [1.807, 2.05) is 17.5 Å². The van der Waals surface area contributed by atoms with E-state index in [1.165, 1.54) is 18.2 Å². The van der Waals surface area contributed by atoms with E-state index < -0.39 is 10.0 Å². The van der Waals surface area contributed by atoms with Crippen LogP contribution in [0.1, 0.15) is 11.8 Å². The number of hydrogen-bond acceptors (Lipinski definition) is 5. The van der Waals surface area contributed by atoms with Crippen LogP contribution in [0.3, 0.4) is 0 Å². The molecule has 7 heteroatoms. The monoisotopic (exact) mass is 312 g/mol. The van der Waals surface area contributed by atoms with Crippen molar-refractivity contribution in [2.24, 2.45) is 0 Å². The zero-order valence-corrected chi connectivity index (χ0v) is 12.5. The van der Waals surface area contributed by atoms with Gasteiger partial charge in [0, 0.05) is 10.9 Å². The van der Waals surface area contributed by atoms with Gasteiger partial charge in [-0.3, -0.25) is 0 Å². The van der Waals surface area contributed by atoms with Crippen molar-refractivity contribution in [1.82, 2.24) is 4.72 Å². The van der Waals surface area contributed by atoms with E-state index in [-0.39, 0.29) is 22.4 Å². The molecule has 4 N–H and O–H groups in total. The molecule has 1 aromatic heterocycles. The van der Waals surface area contributed by atoms with Crippen molar-refractivity contribution >= 4 is 27.0 Å². The predicted octanol–water partition coefficient (Wildman–Crippen LogP) is 1.95. The molecule has 2 aromatic rings. The maximum Gasteiger partial charge on any atom is 0.240 e. The molecule has 5 nitrogen and oxygen atoms in total. The molecule has 0 radical (unpaired) electrons. The number of anilines is 1. The van der Waals surface area contributed by atoms with E-state index in [9.17, 15) is 13.5 Å². The fourth-order valence-electron chi connectivity index (χ4n) is 1.80. The Balaban J connectivity index is 2.12. The summed E-state index contributed by atoms with van der Waals surface area (Å²) in [5.74, 6) is -0.129. The number of aromatic hydroxyl groups is 1. The minimum Gasteiger partial charge on any atom is -0.506 e. The van der Waals surface area contributed by atoms with Crippen molar-refractivity contribution in [3.63, 3.8) is 0 Å². The highest BCUT2D eigenvalue weighted by Crippen LogP contribution is 2.23. The Kier molecular flexibility index (Phi) is 4.32. The first-order chi connectivity index (χ1) is 9.38. The molecule has 20 heavy (non-hydrogen) atoms. The number of phenols is 1. The molecule has 108 valence electrons. The molecule has 0 bridgehead atoms. The highest BCUT2D eigenvalue weighted by molar-refractivity contribution is 7.89. The van der Waals surface area contributed by atoms with Crippen molar-refractivity contribution < 1.29 is 13.5 Å². The first kappa shape index (κ1) is 14.8. The summed E-state index contributed by atoms with van der Waals surface area (Å²) in [5, 5.41) is 11.3. The Morgan fingerprint density at radius 3 is 2.75 bits per heavy atom. The minimum absolute atomic E-state index is 0.0405. The molecular formula is C13H16N2O3S2. The average molecular weight is 312 g/mol. The Bertz CT molecular complexity index is 682. The van der Waals surface area contributed by atoms with Crippen LogP contribution in [0.2, 0.25) is 0 Å². The standard InChI is InChI=1S/C13H16N2O3S2/c1-9(7-10-3-2-6-19-10)15-20(17,18)11-4-5-13(16)12(14)8-11/h2-6,8-9,15-16H,7,14H2,1H3. The summed E-state index contributed by atoms with van der Waals surface area (Å²) < 4.78 is 27.0. The Hall–Kier alpha value is -1.57. The Morgan fingerprint density at radius 2 is 2.15 bits per heavy atom. The second-order valence-electron chi connectivity index (χ2n) is 4.53. The fraction of sp³-hybridized carbons (Fsp3) is 0.231. The molecule has 0 amide bonds. The van der Waals surface area contributed by atoms with Crippen LogP contribution in [-0.2, 0) is 16.4 Å². The number of rotatable bonds is 5. The fourth-order valence-corrected chi connectivity index (χ4v) is 3.92. The van der Waals surface area contributed by atoms with E-state index in [0.29, 0.717) is 6.42 Å². The van der Waals surface area contributed by atoms with Gasteiger partial charge in [0.1, 0.15) is 5.75 Å². The zero-order valence-electron chi connectivity index (χ0n) is 10.9. The summed E-state index contributed by atoms with van der Waals surface area (Å²) in [5.41, 5.74) is 5.56. The largest absolute Gasteiger partial charge is 0.506 e. The molecule has 2 rings (SSSR count). The number of nitrogen functional groups attached to an aromatic ring is 1. The van der Waals surface area contributed by atoms with Crippen LogP contribution in [0.25, 0.3) is 0 Å². The number of nitrogens with two attached hydrogens (primary N) is 1. The molecule has 0 aliphatic heterocycles. The van der Waals surface area contributed by atoms with Crippen LogP contribution in [0.4, 0.5) is 5.69 Å². The van der Waals surface area contributed by atoms with Gasteiger partial charge in [-0.25, -0.2) is 13.1 Å². The molecule has 1 unspecified atom stereocenters. The van der Waals surface area contributed by atoms with Gasteiger partial charge in [0.2, 0.25) is 10.0 Å². The van der Waals surface area contributed by atoms with E-state index in [4.69, 9.17) is 5.73 Å². The molecule has 1 heterocycles. The van der Waals surface area contributed by atoms with Gasteiger partial charge < -0.3 is 10.8 Å². The van der Waals surface area contributed by atoms with Crippen molar-refractivity contribution in [3.05, 3.63) is 40.6 Å². The van der Waals surface area contributed by atoms with Crippen molar-refractivity contribution in [2.75, 3.05) is 5.73 Å². The van der Waals surface area contributed by atoms with Crippen LogP contribution in [0.5, 0.6) is 5.75 Å². The first-order valence-corrected chi connectivity index (χ1v) is 8.38. The highest BCUT2D eigenvalue weighted by Gasteiger charge is 2.18. The molecule has 0 aliphatic carbocycles. The van der Waals surface area contributed by atoms with Crippen LogP contribution in [0, 0.1) is 0 Å². The zero-order chi connectivity index (χ0) is 14.8. The van der Waals surface area contributed by atoms with Crippen molar-refractivity contribution in [3.8, 4) is 5.75 Å². The molecule has 0 saturated carbocycles. The van der Waals surface area contributed by atoms with Crippen LogP contribution >= 0.6 is 11.3 Å². The third kappa shape index (κ3) is 3.50. The number of nitrogens with one attached hydrogen (secondary N) is 1. The molecule has 0 aliphatic rings. The SMILES string of the molecule is CC(Cc1cccs1)NS(=O)(=O)c1ccc(O)c(N)c1. The van der Waals surface area contributed by atoms with Gasteiger partial charge in [0.15, 0.2) is 0 Å². The van der Waals surface area contributed by atoms with Crippen LogP contribution in [-0.4, -0.2) is 19.6 Å². The second-order valence-corrected chi connectivity index (χ2v) is 7.27. The van der Waals surface area contributed by atoms with Gasteiger partial charge in [0.25, 0.3) is 0 Å². The third-order valence-electron chi connectivity index (χ3n) is 2.75. The lowest BCUT2D eigenvalue weighted by Crippen LogP contribution is -2.33. The van der Waals surface area contributed by atoms with E-state index in [1.54, 1.807) is 18.3 Å². The molecule has 1 aromatic carbocycles. The maximum atomic E-state index is 12.2. The van der Waals surface area contributed by atoms with Crippen LogP contribution < -0.4 is 10.5 Å². The van der Waals surface area contributed by atoms with E-state index in [0.717, 1.165) is 4.88 Å². The topological polar surface area (TPSA) is 92.4 Å². The lowest BCUT2D eigenvalue weighted by atomic mass is 10.2. The van der Waals surface area contributed by atoms with E-state index >= 15 is 0 Å². The van der Waals surface area contributed by atoms with Crippen LogP contribution in [0.15, 0.2) is 40.6 Å². The van der Waals surface area contributed by atoms with Crippen molar-refractivity contribution in [1.29, 1.82) is 0 Å². The number of hydrogen-bond donors (Lipinski definition) is 3. The number of sulfonamides is 1. The summed E-state index contributed by atoms with van der Waals surface area (Å²) >= 11 is 1.59. The normalized spacial score (nSPS) is 13.2. The molecule has 0 fully saturated rings. The first-order valence-electron chi connectivity index (χ1n) is 6.01. The lowest BCUT2D eigenvalue weighted by Gasteiger charge is -2.14. The summed E-state index contributed by atoms with van der Waals surface area (Å²) in [7, 11) is -3.64. The van der Waals surface area contributed by atoms with E-state index in [2.05, 4.69) is 4.72 Å². The van der Waals surface area contributed by atoms with Gasteiger partial charge in [-0.05, 0) is 43.0 Å². The Labute approximate surface area is 122 Å². The maximum absolute atomic E-state index is 12.2.